The van der Waals surface area contributed by atoms with Crippen molar-refractivity contribution < 1.29 is 9.53 Å². The van der Waals surface area contributed by atoms with Crippen LogP contribution in [0.2, 0.25) is 0 Å². The number of carbonyl (C=O) groups excluding carboxylic acids is 1. The summed E-state index contributed by atoms with van der Waals surface area (Å²) in [6.45, 7) is 5.53. The summed E-state index contributed by atoms with van der Waals surface area (Å²) in [6.07, 6.45) is 2.92. The van der Waals surface area contributed by atoms with E-state index in [0.717, 1.165) is 5.56 Å². The number of amides is 1. The summed E-state index contributed by atoms with van der Waals surface area (Å²) in [7, 11) is 0. The van der Waals surface area contributed by atoms with E-state index in [2.05, 4.69) is 15.0 Å². The summed E-state index contributed by atoms with van der Waals surface area (Å²) in [5.74, 6) is 0. The highest BCUT2D eigenvalue weighted by atomic mass is 32.2. The molecule has 1 aromatic heterocycles. The molecule has 116 valence electrons. The second-order valence-corrected chi connectivity index (χ2v) is 6.58. The second-order valence-electron chi connectivity index (χ2n) is 5.62. The van der Waals surface area contributed by atoms with Crippen LogP contribution in [0.1, 0.15) is 31.7 Å². The minimum Gasteiger partial charge on any atom is -0.443 e. The van der Waals surface area contributed by atoms with Gasteiger partial charge in [0.1, 0.15) is 11.0 Å². The van der Waals surface area contributed by atoms with Gasteiger partial charge in [-0.25, -0.2) is 4.79 Å². The predicted molar refractivity (Wildman–Crippen MR) is 84.7 cm³/mol. The number of aromatic nitrogens is 1. The van der Waals surface area contributed by atoms with E-state index in [1.54, 1.807) is 12.4 Å². The zero-order valence-electron chi connectivity index (χ0n) is 12.6. The van der Waals surface area contributed by atoms with Gasteiger partial charge >= 0.3 is 6.09 Å². The first kappa shape index (κ1) is 16.2. The Kier molecular flexibility index (Phi) is 4.95. The van der Waals surface area contributed by atoms with Crippen molar-refractivity contribution in [3.8, 4) is 0 Å². The van der Waals surface area contributed by atoms with Gasteiger partial charge in [-0.1, -0.05) is 11.2 Å². The lowest BCUT2D eigenvalue weighted by Gasteiger charge is -2.29. The van der Waals surface area contributed by atoms with Crippen LogP contribution in [0.5, 0.6) is 0 Å². The molecular formula is C14H17N5O2S. The van der Waals surface area contributed by atoms with Crippen molar-refractivity contribution in [2.45, 2.75) is 31.7 Å². The molecule has 2 rings (SSSR count). The van der Waals surface area contributed by atoms with Crippen molar-refractivity contribution in [3.05, 3.63) is 51.6 Å². The molecule has 0 radical (unpaired) electrons. The summed E-state index contributed by atoms with van der Waals surface area (Å²) in [5, 5.41) is 5.09. The van der Waals surface area contributed by atoms with Crippen LogP contribution < -0.4 is 0 Å². The average Bonchev–Trinajstić information content (AvgIpc) is 2.88. The summed E-state index contributed by atoms with van der Waals surface area (Å²) in [5.41, 5.74) is 9.39. The Balaban J connectivity index is 2.28. The number of azide groups is 1. The summed E-state index contributed by atoms with van der Waals surface area (Å²) >= 11 is 1.46. The Labute approximate surface area is 133 Å². The van der Waals surface area contributed by atoms with Gasteiger partial charge < -0.3 is 4.74 Å². The van der Waals surface area contributed by atoms with E-state index in [4.69, 9.17) is 10.3 Å². The maximum absolute atomic E-state index is 12.5. The van der Waals surface area contributed by atoms with Gasteiger partial charge in [0.15, 0.2) is 0 Å². The fraction of sp³-hybridized carbons (Fsp3) is 0.429. The summed E-state index contributed by atoms with van der Waals surface area (Å²) in [6, 6.07) is 3.71. The lowest BCUT2D eigenvalue weighted by atomic mass is 10.2. The van der Waals surface area contributed by atoms with E-state index >= 15 is 0 Å². The molecule has 22 heavy (non-hydrogen) atoms. The lowest BCUT2D eigenvalue weighted by Crippen LogP contribution is -2.36. The third-order valence-electron chi connectivity index (χ3n) is 2.73. The average molecular weight is 319 g/mol. The molecule has 1 aliphatic heterocycles. The lowest BCUT2D eigenvalue weighted by molar-refractivity contribution is 0.0298. The van der Waals surface area contributed by atoms with Gasteiger partial charge in [-0.05, 0) is 37.8 Å². The van der Waals surface area contributed by atoms with Crippen LogP contribution in [0.25, 0.3) is 10.4 Å². The van der Waals surface area contributed by atoms with Crippen molar-refractivity contribution in [1.29, 1.82) is 0 Å². The number of thioether (sulfide) groups is 1. The SMILES string of the molecule is CC(C)(C)OC(=O)N1C(CN=[N+]=[N-])=CSC1c1cccnc1. The third kappa shape index (κ3) is 3.93. The molecule has 0 aliphatic carbocycles. The number of pyridine rings is 1. The standard InChI is InChI=1S/C14H17N5O2S/c1-14(2,3)21-13(20)19-11(8-17-18-15)9-22-12(19)10-5-4-6-16-7-10/h4-7,9,12H,8H2,1-3H3. The fourth-order valence-corrected chi connectivity index (χ4v) is 3.02. The number of carbonyl (C=O) groups is 1. The van der Waals surface area contributed by atoms with Crippen molar-refractivity contribution >= 4 is 17.9 Å². The maximum Gasteiger partial charge on any atom is 0.415 e. The van der Waals surface area contributed by atoms with E-state index in [-0.39, 0.29) is 11.9 Å². The van der Waals surface area contributed by atoms with Gasteiger partial charge in [0, 0.05) is 28.6 Å². The third-order valence-corrected chi connectivity index (χ3v) is 3.88. The fourth-order valence-electron chi connectivity index (χ4n) is 1.90. The Hall–Kier alpha value is -2.18. The molecule has 0 fully saturated rings. The molecule has 0 N–H and O–H groups in total. The molecule has 1 unspecified atom stereocenters. The van der Waals surface area contributed by atoms with E-state index in [1.165, 1.54) is 16.7 Å². The molecule has 1 atom stereocenters. The Morgan fingerprint density at radius 2 is 2.36 bits per heavy atom. The van der Waals surface area contributed by atoms with E-state index in [0.29, 0.717) is 5.70 Å². The van der Waals surface area contributed by atoms with Gasteiger partial charge in [0.2, 0.25) is 0 Å². The molecule has 8 heteroatoms. The van der Waals surface area contributed by atoms with Crippen LogP contribution in [0.15, 0.2) is 40.7 Å². The van der Waals surface area contributed by atoms with Crippen LogP contribution in [0, 0.1) is 0 Å². The molecule has 1 aliphatic rings. The van der Waals surface area contributed by atoms with Crippen molar-refractivity contribution in [2.75, 3.05) is 6.54 Å². The monoisotopic (exact) mass is 319 g/mol. The molecule has 7 nitrogen and oxygen atoms in total. The molecule has 1 amide bonds. The number of ether oxygens (including phenoxy) is 1. The van der Waals surface area contributed by atoms with E-state index < -0.39 is 11.7 Å². The van der Waals surface area contributed by atoms with Crippen LogP contribution in [0.3, 0.4) is 0 Å². The molecule has 0 aromatic carbocycles. The van der Waals surface area contributed by atoms with Crippen LogP contribution in [-0.4, -0.2) is 28.1 Å². The van der Waals surface area contributed by atoms with Crippen molar-refractivity contribution in [2.24, 2.45) is 5.11 Å². The zero-order valence-corrected chi connectivity index (χ0v) is 13.4. The first-order valence-electron chi connectivity index (χ1n) is 6.70. The first-order chi connectivity index (χ1) is 10.4. The van der Waals surface area contributed by atoms with Gasteiger partial charge in [0.05, 0.1) is 6.54 Å². The van der Waals surface area contributed by atoms with Crippen molar-refractivity contribution in [1.82, 2.24) is 9.88 Å². The number of hydrogen-bond donors (Lipinski definition) is 0. The minimum atomic E-state index is -0.604. The number of rotatable bonds is 3. The van der Waals surface area contributed by atoms with Crippen LogP contribution >= 0.6 is 11.8 Å². The quantitative estimate of drug-likeness (QED) is 0.474. The highest BCUT2D eigenvalue weighted by molar-refractivity contribution is 8.02. The number of nitrogens with zero attached hydrogens (tertiary/aromatic N) is 5. The Bertz CT molecular complexity index is 620. The molecular weight excluding hydrogens is 302 g/mol. The minimum absolute atomic E-state index is 0.0967. The highest BCUT2D eigenvalue weighted by Crippen LogP contribution is 2.43. The van der Waals surface area contributed by atoms with Gasteiger partial charge in [-0.3, -0.25) is 9.88 Å². The molecule has 0 saturated carbocycles. The number of hydrogen-bond acceptors (Lipinski definition) is 5. The molecule has 2 heterocycles. The maximum atomic E-state index is 12.5. The zero-order chi connectivity index (χ0) is 16.2. The molecule has 0 bridgehead atoms. The van der Waals surface area contributed by atoms with Crippen molar-refractivity contribution in [3.63, 3.8) is 0 Å². The molecule has 1 aromatic rings. The Morgan fingerprint density at radius 3 is 2.95 bits per heavy atom. The molecule has 0 saturated heterocycles. The summed E-state index contributed by atoms with van der Waals surface area (Å²) < 4.78 is 5.46. The smallest absolute Gasteiger partial charge is 0.415 e. The van der Waals surface area contributed by atoms with Crippen LogP contribution in [0.4, 0.5) is 4.79 Å². The van der Waals surface area contributed by atoms with Gasteiger partial charge in [-0.15, -0.1) is 11.8 Å². The Morgan fingerprint density at radius 1 is 1.59 bits per heavy atom. The van der Waals surface area contributed by atoms with Gasteiger partial charge in [-0.2, -0.15) is 0 Å². The van der Waals surface area contributed by atoms with E-state index in [9.17, 15) is 4.79 Å². The summed E-state index contributed by atoms with van der Waals surface area (Å²) in [4.78, 5) is 20.9. The van der Waals surface area contributed by atoms with Crippen LogP contribution in [-0.2, 0) is 4.74 Å². The topological polar surface area (TPSA) is 91.2 Å². The van der Waals surface area contributed by atoms with E-state index in [1.807, 2.05) is 38.3 Å². The largest absolute Gasteiger partial charge is 0.443 e. The first-order valence-corrected chi connectivity index (χ1v) is 7.64. The highest BCUT2D eigenvalue weighted by Gasteiger charge is 2.35. The normalized spacial score (nSPS) is 17.7. The second kappa shape index (κ2) is 6.72. The van der Waals surface area contributed by atoms with Gasteiger partial charge in [0.25, 0.3) is 0 Å². The predicted octanol–water partition coefficient (Wildman–Crippen LogP) is 4.22. The molecule has 0 spiro atoms.